The number of amides is 1. The van der Waals surface area contributed by atoms with E-state index in [4.69, 9.17) is 22.6 Å². The highest BCUT2D eigenvalue weighted by Crippen LogP contribution is 2.22. The summed E-state index contributed by atoms with van der Waals surface area (Å²) in [6, 6.07) is 11.9. The number of aryl methyl sites for hydroxylation is 1. The van der Waals surface area contributed by atoms with Crippen molar-refractivity contribution in [1.82, 2.24) is 0 Å². The average molecular weight is 286 g/mol. The Bertz CT molecular complexity index is 720. The van der Waals surface area contributed by atoms with Crippen molar-refractivity contribution < 1.29 is 4.79 Å². The number of hydrogen-bond donors (Lipinski definition) is 2. The average Bonchev–Trinajstić information content (AvgIpc) is 2.41. The molecule has 20 heavy (non-hydrogen) atoms. The zero-order chi connectivity index (χ0) is 14.7. The largest absolute Gasteiger partial charge is 0.398 e. The lowest BCUT2D eigenvalue weighted by atomic mass is 10.1. The number of carbonyl (C=O) groups is 1. The Morgan fingerprint density at radius 2 is 2.05 bits per heavy atom. The van der Waals surface area contributed by atoms with E-state index in [1.54, 1.807) is 24.3 Å². The number of rotatable bonds is 2. The van der Waals surface area contributed by atoms with Gasteiger partial charge in [0.25, 0.3) is 5.91 Å². The summed E-state index contributed by atoms with van der Waals surface area (Å²) in [5.74, 6) is -0.370. The van der Waals surface area contributed by atoms with Gasteiger partial charge in [-0.2, -0.15) is 5.26 Å². The molecule has 3 N–H and O–H groups in total. The maximum Gasteiger partial charge on any atom is 0.257 e. The van der Waals surface area contributed by atoms with E-state index in [9.17, 15) is 4.79 Å². The standard InChI is InChI=1S/C15H12ClN3O/c1-9-2-5-13(18)12(6-9)15(20)19-14-7-11(16)4-3-10(14)8-17/h2-7H,18H2,1H3,(H,19,20). The molecule has 1 amide bonds. The molecule has 0 aliphatic rings. The Labute approximate surface area is 121 Å². The maximum absolute atomic E-state index is 12.2. The number of nitrogen functional groups attached to an aromatic ring is 1. The van der Waals surface area contributed by atoms with Crippen molar-refractivity contribution in [3.05, 3.63) is 58.1 Å². The molecule has 0 fully saturated rings. The molecule has 0 aliphatic carbocycles. The first kappa shape index (κ1) is 13.9. The zero-order valence-electron chi connectivity index (χ0n) is 10.8. The van der Waals surface area contributed by atoms with Crippen LogP contribution >= 0.6 is 11.6 Å². The van der Waals surface area contributed by atoms with Gasteiger partial charge in [0.1, 0.15) is 6.07 Å². The molecular weight excluding hydrogens is 274 g/mol. The van der Waals surface area contributed by atoms with Gasteiger partial charge in [0.05, 0.1) is 16.8 Å². The van der Waals surface area contributed by atoms with Crippen LogP contribution in [0.15, 0.2) is 36.4 Å². The Morgan fingerprint density at radius 3 is 2.75 bits per heavy atom. The fraction of sp³-hybridized carbons (Fsp3) is 0.0667. The minimum Gasteiger partial charge on any atom is -0.398 e. The van der Waals surface area contributed by atoms with Crippen LogP contribution in [0.5, 0.6) is 0 Å². The number of nitriles is 1. The monoisotopic (exact) mass is 285 g/mol. The Kier molecular flexibility index (Phi) is 3.92. The van der Waals surface area contributed by atoms with Crippen molar-refractivity contribution in [3.8, 4) is 6.07 Å². The number of hydrogen-bond acceptors (Lipinski definition) is 3. The SMILES string of the molecule is Cc1ccc(N)c(C(=O)Nc2cc(Cl)ccc2C#N)c1. The number of nitrogens with two attached hydrogens (primary N) is 1. The van der Waals surface area contributed by atoms with Gasteiger partial charge in [-0.05, 0) is 37.3 Å². The molecule has 0 unspecified atom stereocenters. The molecule has 5 heteroatoms. The van der Waals surface area contributed by atoms with Crippen LogP contribution in [0, 0.1) is 18.3 Å². The molecule has 0 aliphatic heterocycles. The van der Waals surface area contributed by atoms with Gasteiger partial charge in [-0.1, -0.05) is 23.2 Å². The quantitative estimate of drug-likeness (QED) is 0.831. The van der Waals surface area contributed by atoms with E-state index >= 15 is 0 Å². The van der Waals surface area contributed by atoms with Crippen molar-refractivity contribution in [3.63, 3.8) is 0 Å². The highest BCUT2D eigenvalue weighted by Gasteiger charge is 2.12. The number of nitrogens with zero attached hydrogens (tertiary/aromatic N) is 1. The first-order valence-corrected chi connectivity index (χ1v) is 6.26. The fourth-order valence-electron chi connectivity index (χ4n) is 1.77. The summed E-state index contributed by atoms with van der Waals surface area (Å²) < 4.78 is 0. The van der Waals surface area contributed by atoms with E-state index in [-0.39, 0.29) is 5.91 Å². The number of nitrogens with one attached hydrogen (secondary N) is 1. The van der Waals surface area contributed by atoms with E-state index < -0.39 is 0 Å². The lowest BCUT2D eigenvalue weighted by Crippen LogP contribution is -2.15. The predicted octanol–water partition coefficient (Wildman–Crippen LogP) is 3.35. The van der Waals surface area contributed by atoms with Crippen LogP contribution in [0.1, 0.15) is 21.5 Å². The second-order valence-corrected chi connectivity index (χ2v) is 4.78. The van der Waals surface area contributed by atoms with Crippen LogP contribution in [0.3, 0.4) is 0 Å². The predicted molar refractivity (Wildman–Crippen MR) is 79.7 cm³/mol. The third-order valence-corrected chi connectivity index (χ3v) is 3.04. The molecule has 0 spiro atoms. The second-order valence-electron chi connectivity index (χ2n) is 4.35. The van der Waals surface area contributed by atoms with Crippen LogP contribution in [0.2, 0.25) is 5.02 Å². The van der Waals surface area contributed by atoms with Crippen LogP contribution in [0.4, 0.5) is 11.4 Å². The van der Waals surface area contributed by atoms with Gasteiger partial charge >= 0.3 is 0 Å². The Morgan fingerprint density at radius 1 is 1.30 bits per heavy atom. The van der Waals surface area contributed by atoms with Crippen LogP contribution in [0.25, 0.3) is 0 Å². The van der Waals surface area contributed by atoms with E-state index in [0.717, 1.165) is 5.56 Å². The minimum absolute atomic E-state index is 0.342. The van der Waals surface area contributed by atoms with Crippen molar-refractivity contribution in [2.45, 2.75) is 6.92 Å². The fourth-order valence-corrected chi connectivity index (χ4v) is 1.95. The molecule has 2 aromatic carbocycles. The normalized spacial score (nSPS) is 9.85. The van der Waals surface area contributed by atoms with Gasteiger partial charge < -0.3 is 11.1 Å². The topological polar surface area (TPSA) is 78.9 Å². The van der Waals surface area contributed by atoms with E-state index in [1.807, 2.05) is 19.1 Å². The first-order valence-electron chi connectivity index (χ1n) is 5.88. The number of benzene rings is 2. The smallest absolute Gasteiger partial charge is 0.257 e. The summed E-state index contributed by atoms with van der Waals surface area (Å²) in [5, 5.41) is 12.1. The molecule has 0 bridgehead atoms. The van der Waals surface area contributed by atoms with Gasteiger partial charge in [0.15, 0.2) is 0 Å². The van der Waals surface area contributed by atoms with E-state index in [1.165, 1.54) is 6.07 Å². The lowest BCUT2D eigenvalue weighted by Gasteiger charge is -2.10. The van der Waals surface area contributed by atoms with Gasteiger partial charge in [-0.3, -0.25) is 4.79 Å². The van der Waals surface area contributed by atoms with Gasteiger partial charge in [-0.25, -0.2) is 0 Å². The molecular formula is C15H12ClN3O. The Balaban J connectivity index is 2.35. The van der Waals surface area contributed by atoms with Crippen molar-refractivity contribution in [2.24, 2.45) is 0 Å². The van der Waals surface area contributed by atoms with E-state index in [0.29, 0.717) is 27.5 Å². The molecule has 2 aromatic rings. The zero-order valence-corrected chi connectivity index (χ0v) is 11.5. The number of anilines is 2. The van der Waals surface area contributed by atoms with Crippen molar-refractivity contribution in [2.75, 3.05) is 11.1 Å². The van der Waals surface area contributed by atoms with Crippen LogP contribution in [-0.4, -0.2) is 5.91 Å². The van der Waals surface area contributed by atoms with Gasteiger partial charge in [-0.15, -0.1) is 0 Å². The van der Waals surface area contributed by atoms with E-state index in [2.05, 4.69) is 5.32 Å². The maximum atomic E-state index is 12.2. The minimum atomic E-state index is -0.370. The summed E-state index contributed by atoms with van der Waals surface area (Å²) in [6.07, 6.45) is 0. The lowest BCUT2D eigenvalue weighted by molar-refractivity contribution is 0.102. The highest BCUT2D eigenvalue weighted by molar-refractivity contribution is 6.31. The molecule has 0 saturated heterocycles. The van der Waals surface area contributed by atoms with Crippen molar-refractivity contribution >= 4 is 28.9 Å². The third-order valence-electron chi connectivity index (χ3n) is 2.80. The number of carbonyl (C=O) groups excluding carboxylic acids is 1. The third kappa shape index (κ3) is 2.90. The summed E-state index contributed by atoms with van der Waals surface area (Å²) >= 11 is 5.87. The molecule has 100 valence electrons. The molecule has 0 radical (unpaired) electrons. The summed E-state index contributed by atoms with van der Waals surface area (Å²) in [5.41, 5.74) is 8.18. The summed E-state index contributed by atoms with van der Waals surface area (Å²) in [6.45, 7) is 1.87. The highest BCUT2D eigenvalue weighted by atomic mass is 35.5. The molecule has 0 atom stereocenters. The first-order chi connectivity index (χ1) is 9.51. The second kappa shape index (κ2) is 5.64. The molecule has 4 nitrogen and oxygen atoms in total. The molecule has 0 saturated carbocycles. The van der Waals surface area contributed by atoms with Gasteiger partial charge in [0.2, 0.25) is 0 Å². The molecule has 0 heterocycles. The van der Waals surface area contributed by atoms with Gasteiger partial charge in [0, 0.05) is 10.7 Å². The molecule has 0 aromatic heterocycles. The van der Waals surface area contributed by atoms with Crippen LogP contribution in [-0.2, 0) is 0 Å². The van der Waals surface area contributed by atoms with Crippen LogP contribution < -0.4 is 11.1 Å². The summed E-state index contributed by atoms with van der Waals surface area (Å²) in [7, 11) is 0. The molecule has 2 rings (SSSR count). The summed E-state index contributed by atoms with van der Waals surface area (Å²) in [4.78, 5) is 12.2. The number of halogens is 1. The Hall–Kier alpha value is -2.51. The van der Waals surface area contributed by atoms with Crippen molar-refractivity contribution in [1.29, 1.82) is 5.26 Å².